The summed E-state index contributed by atoms with van der Waals surface area (Å²) in [7, 11) is 3.26. The van der Waals surface area contributed by atoms with Crippen molar-refractivity contribution in [2.75, 3.05) is 19.5 Å². The Balaban J connectivity index is 1.86. The molecule has 0 spiro atoms. The summed E-state index contributed by atoms with van der Waals surface area (Å²) in [5.41, 5.74) is 1.30. The molecule has 1 saturated carbocycles. The molecule has 0 aromatic heterocycles. The van der Waals surface area contributed by atoms with Crippen LogP contribution in [0.2, 0.25) is 0 Å². The summed E-state index contributed by atoms with van der Waals surface area (Å²) in [6.45, 7) is 7.03. The molecule has 0 saturated heterocycles. The largest absolute Gasteiger partial charge is 0.493 e. The average molecular weight is 351 g/mol. The Morgan fingerprint density at radius 2 is 1.67 bits per heavy atom. The van der Waals surface area contributed by atoms with Gasteiger partial charge in [-0.3, -0.25) is 0 Å². The van der Waals surface area contributed by atoms with E-state index in [0.29, 0.717) is 28.1 Å². The molecule has 0 aliphatic heterocycles. The normalized spacial score (nSPS) is 21.0. The van der Waals surface area contributed by atoms with E-state index in [1.165, 1.54) is 25.7 Å². The van der Waals surface area contributed by atoms with Gasteiger partial charge in [-0.25, -0.2) is 0 Å². The SMILES string of the molecule is COc1ccc(NC(=S)NC2CCC(C(C)(C)C)CC2)cc1OC. The third-order valence-electron chi connectivity index (χ3n) is 4.93. The molecule has 5 heteroatoms. The van der Waals surface area contributed by atoms with Crippen LogP contribution < -0.4 is 20.1 Å². The van der Waals surface area contributed by atoms with Crippen LogP contribution in [-0.4, -0.2) is 25.4 Å². The van der Waals surface area contributed by atoms with Gasteiger partial charge < -0.3 is 20.1 Å². The minimum atomic E-state index is 0.406. The molecule has 1 aliphatic rings. The lowest BCUT2D eigenvalue weighted by Gasteiger charge is -2.37. The van der Waals surface area contributed by atoms with Crippen LogP contribution in [0.3, 0.4) is 0 Å². The van der Waals surface area contributed by atoms with E-state index in [-0.39, 0.29) is 0 Å². The molecule has 0 atom stereocenters. The molecule has 1 aliphatic carbocycles. The van der Waals surface area contributed by atoms with Crippen molar-refractivity contribution in [3.63, 3.8) is 0 Å². The van der Waals surface area contributed by atoms with Crippen LogP contribution in [0.4, 0.5) is 5.69 Å². The van der Waals surface area contributed by atoms with E-state index in [0.717, 1.165) is 11.6 Å². The Hall–Kier alpha value is -1.49. The Bertz CT molecular complexity index is 561. The van der Waals surface area contributed by atoms with Crippen LogP contribution in [0.1, 0.15) is 46.5 Å². The molecule has 1 fully saturated rings. The van der Waals surface area contributed by atoms with Crippen molar-refractivity contribution in [1.82, 2.24) is 5.32 Å². The fourth-order valence-corrected chi connectivity index (χ4v) is 3.65. The van der Waals surface area contributed by atoms with E-state index in [1.807, 2.05) is 18.2 Å². The van der Waals surface area contributed by atoms with Crippen molar-refractivity contribution in [3.05, 3.63) is 18.2 Å². The fraction of sp³-hybridized carbons (Fsp3) is 0.632. The fourth-order valence-electron chi connectivity index (χ4n) is 3.37. The van der Waals surface area contributed by atoms with Crippen LogP contribution in [0.25, 0.3) is 0 Å². The minimum Gasteiger partial charge on any atom is -0.493 e. The zero-order chi connectivity index (χ0) is 17.7. The molecular formula is C19H30N2O2S. The van der Waals surface area contributed by atoms with Gasteiger partial charge >= 0.3 is 0 Å². The van der Waals surface area contributed by atoms with Crippen LogP contribution >= 0.6 is 12.2 Å². The standard InChI is InChI=1S/C19H30N2O2S/c1-19(2,3)13-6-8-14(9-7-13)20-18(24)21-15-10-11-16(22-4)17(12-15)23-5/h10-14H,6-9H2,1-5H3,(H2,20,21,24). The molecular weight excluding hydrogens is 320 g/mol. The molecule has 0 radical (unpaired) electrons. The van der Waals surface area contributed by atoms with Crippen molar-refractivity contribution in [3.8, 4) is 11.5 Å². The third-order valence-corrected chi connectivity index (χ3v) is 5.15. The van der Waals surface area contributed by atoms with E-state index in [9.17, 15) is 0 Å². The predicted molar refractivity (Wildman–Crippen MR) is 104 cm³/mol. The van der Waals surface area contributed by atoms with Crippen LogP contribution in [-0.2, 0) is 0 Å². The van der Waals surface area contributed by atoms with Crippen LogP contribution in [0.5, 0.6) is 11.5 Å². The lowest BCUT2D eigenvalue weighted by Crippen LogP contribution is -2.41. The molecule has 1 aromatic rings. The lowest BCUT2D eigenvalue weighted by atomic mass is 9.71. The molecule has 0 unspecified atom stereocenters. The van der Waals surface area contributed by atoms with E-state index in [4.69, 9.17) is 21.7 Å². The zero-order valence-electron chi connectivity index (χ0n) is 15.4. The maximum absolute atomic E-state index is 5.47. The van der Waals surface area contributed by atoms with Crippen LogP contribution in [0.15, 0.2) is 18.2 Å². The summed E-state index contributed by atoms with van der Waals surface area (Å²) in [4.78, 5) is 0. The van der Waals surface area contributed by atoms with Crippen molar-refractivity contribution in [2.24, 2.45) is 11.3 Å². The van der Waals surface area contributed by atoms with Gasteiger partial charge in [0.05, 0.1) is 14.2 Å². The number of nitrogens with one attached hydrogen (secondary N) is 2. The number of ether oxygens (including phenoxy) is 2. The number of rotatable bonds is 4. The number of hydrogen-bond donors (Lipinski definition) is 2. The monoisotopic (exact) mass is 350 g/mol. The number of thiocarbonyl (C=S) groups is 1. The highest BCUT2D eigenvalue weighted by Gasteiger charge is 2.29. The highest BCUT2D eigenvalue weighted by molar-refractivity contribution is 7.80. The molecule has 134 valence electrons. The van der Waals surface area contributed by atoms with Gasteiger partial charge in [-0.15, -0.1) is 0 Å². The first kappa shape index (κ1) is 18.8. The summed E-state index contributed by atoms with van der Waals surface area (Å²) in [6.07, 6.45) is 4.88. The van der Waals surface area contributed by atoms with Gasteiger partial charge in [0.25, 0.3) is 0 Å². The Morgan fingerprint density at radius 3 is 2.21 bits per heavy atom. The van der Waals surface area contributed by atoms with Gasteiger partial charge in [-0.2, -0.15) is 0 Å². The van der Waals surface area contributed by atoms with Crippen LogP contribution in [0, 0.1) is 11.3 Å². The lowest BCUT2D eigenvalue weighted by molar-refractivity contribution is 0.166. The van der Waals surface area contributed by atoms with E-state index >= 15 is 0 Å². The topological polar surface area (TPSA) is 42.5 Å². The molecule has 4 nitrogen and oxygen atoms in total. The highest BCUT2D eigenvalue weighted by Crippen LogP contribution is 2.37. The molecule has 0 amide bonds. The van der Waals surface area contributed by atoms with E-state index < -0.39 is 0 Å². The number of hydrogen-bond acceptors (Lipinski definition) is 3. The molecule has 0 bridgehead atoms. The van der Waals surface area contributed by atoms with Crippen molar-refractivity contribution in [1.29, 1.82) is 0 Å². The Labute approximate surface area is 151 Å². The summed E-state index contributed by atoms with van der Waals surface area (Å²) in [6, 6.07) is 6.16. The van der Waals surface area contributed by atoms with Gasteiger partial charge in [-0.05, 0) is 61.4 Å². The average Bonchev–Trinajstić information content (AvgIpc) is 2.54. The second kappa shape index (κ2) is 8.06. The minimum absolute atomic E-state index is 0.406. The summed E-state index contributed by atoms with van der Waals surface area (Å²) in [5.74, 6) is 2.21. The molecule has 0 heterocycles. The van der Waals surface area contributed by atoms with E-state index in [2.05, 4.69) is 31.4 Å². The second-order valence-electron chi connectivity index (χ2n) is 7.58. The van der Waals surface area contributed by atoms with Crippen molar-refractivity contribution >= 4 is 23.0 Å². The first-order valence-electron chi connectivity index (χ1n) is 8.63. The smallest absolute Gasteiger partial charge is 0.170 e. The van der Waals surface area contributed by atoms with E-state index in [1.54, 1.807) is 14.2 Å². The zero-order valence-corrected chi connectivity index (χ0v) is 16.3. The van der Waals surface area contributed by atoms with Gasteiger partial charge in [0.1, 0.15) is 0 Å². The third kappa shape index (κ3) is 5.00. The van der Waals surface area contributed by atoms with Gasteiger partial charge in [0.2, 0.25) is 0 Å². The summed E-state index contributed by atoms with van der Waals surface area (Å²) >= 11 is 5.47. The first-order valence-corrected chi connectivity index (χ1v) is 9.04. The second-order valence-corrected chi connectivity index (χ2v) is 7.99. The van der Waals surface area contributed by atoms with Gasteiger partial charge in [0.15, 0.2) is 16.6 Å². The summed E-state index contributed by atoms with van der Waals surface area (Å²) < 4.78 is 10.6. The molecule has 2 rings (SSSR count). The van der Waals surface area contributed by atoms with Crippen molar-refractivity contribution in [2.45, 2.75) is 52.5 Å². The number of methoxy groups -OCH3 is 2. The number of anilines is 1. The van der Waals surface area contributed by atoms with Crippen molar-refractivity contribution < 1.29 is 9.47 Å². The quantitative estimate of drug-likeness (QED) is 0.777. The Kier molecular flexibility index (Phi) is 6.33. The summed E-state index contributed by atoms with van der Waals surface area (Å²) in [5, 5.41) is 7.36. The van der Waals surface area contributed by atoms with Gasteiger partial charge in [0, 0.05) is 17.8 Å². The van der Waals surface area contributed by atoms with Gasteiger partial charge in [-0.1, -0.05) is 20.8 Å². The first-order chi connectivity index (χ1) is 11.3. The predicted octanol–water partition coefficient (Wildman–Crippen LogP) is 4.60. The maximum atomic E-state index is 5.47. The molecule has 1 aromatic carbocycles. The molecule has 2 N–H and O–H groups in total. The highest BCUT2D eigenvalue weighted by atomic mass is 32.1. The molecule has 24 heavy (non-hydrogen) atoms. The Morgan fingerprint density at radius 1 is 1.04 bits per heavy atom. The number of benzene rings is 1. The maximum Gasteiger partial charge on any atom is 0.170 e.